The number of aromatic amines is 1. The first-order valence-corrected chi connectivity index (χ1v) is 9.29. The molecule has 4 rings (SSSR count). The molecule has 5 nitrogen and oxygen atoms in total. The van der Waals surface area contributed by atoms with Gasteiger partial charge in [-0.2, -0.15) is 13.2 Å². The fraction of sp³-hybridized carbons (Fsp3) is 0.250. The third kappa shape index (κ3) is 4.18. The van der Waals surface area contributed by atoms with Crippen molar-refractivity contribution < 1.29 is 13.2 Å². The molecule has 0 saturated carbocycles. The van der Waals surface area contributed by atoms with Gasteiger partial charge in [-0.25, -0.2) is 4.98 Å². The molecule has 0 fully saturated rings. The van der Waals surface area contributed by atoms with Crippen LogP contribution in [0.3, 0.4) is 0 Å². The molecule has 2 aromatic heterocycles. The van der Waals surface area contributed by atoms with E-state index in [1.54, 1.807) is 12.4 Å². The minimum Gasteiger partial charge on any atom is -0.306 e. The van der Waals surface area contributed by atoms with Crippen LogP contribution in [0, 0.1) is 0 Å². The predicted octanol–water partition coefficient (Wildman–Crippen LogP) is 4.06. The summed E-state index contributed by atoms with van der Waals surface area (Å²) in [5.41, 5.74) is 1.57. The molecule has 29 heavy (non-hydrogen) atoms. The van der Waals surface area contributed by atoms with Crippen molar-refractivity contribution in [2.75, 3.05) is 6.54 Å². The summed E-state index contributed by atoms with van der Waals surface area (Å²) in [6.07, 6.45) is -0.588. The van der Waals surface area contributed by atoms with Crippen molar-refractivity contribution in [2.45, 2.75) is 25.7 Å². The van der Waals surface area contributed by atoms with Crippen molar-refractivity contribution in [3.8, 4) is 11.4 Å². The molecule has 0 atom stereocenters. The standard InChI is InChI=1S/C20H16ClF3N4O/c21-16-9-25-7-5-13(16)10-28-8-6-17-15(11-28)19(29)27-18(26-17)12-1-3-14(4-2-12)20(22,23)24/h1-5,7,9H,6,8,10-11H2,(H,26,27,29). The van der Waals surface area contributed by atoms with Gasteiger partial charge in [0.2, 0.25) is 0 Å². The summed E-state index contributed by atoms with van der Waals surface area (Å²) in [5.74, 6) is 0.271. The van der Waals surface area contributed by atoms with Crippen molar-refractivity contribution >= 4 is 11.6 Å². The average Bonchev–Trinajstić information content (AvgIpc) is 2.69. The molecule has 3 aromatic rings. The smallest absolute Gasteiger partial charge is 0.306 e. The van der Waals surface area contributed by atoms with E-state index in [1.807, 2.05) is 6.07 Å². The molecule has 0 amide bonds. The number of hydrogen-bond acceptors (Lipinski definition) is 4. The second-order valence-corrected chi connectivity index (χ2v) is 7.25. The Kier molecular flexibility index (Phi) is 5.14. The van der Waals surface area contributed by atoms with E-state index in [2.05, 4.69) is 19.9 Å². The van der Waals surface area contributed by atoms with Gasteiger partial charge in [-0.1, -0.05) is 23.7 Å². The number of rotatable bonds is 3. The molecule has 1 aromatic carbocycles. The van der Waals surface area contributed by atoms with Gasteiger partial charge in [-0.05, 0) is 23.8 Å². The van der Waals surface area contributed by atoms with Crippen LogP contribution < -0.4 is 5.56 Å². The fourth-order valence-electron chi connectivity index (χ4n) is 3.34. The number of alkyl halides is 3. The second kappa shape index (κ2) is 7.61. The van der Waals surface area contributed by atoms with Crippen LogP contribution in [0.5, 0.6) is 0 Å². The van der Waals surface area contributed by atoms with E-state index in [0.29, 0.717) is 47.9 Å². The number of halogens is 4. The molecule has 0 radical (unpaired) electrons. The summed E-state index contributed by atoms with van der Waals surface area (Å²) in [4.78, 5) is 25.9. The molecule has 0 aliphatic carbocycles. The van der Waals surface area contributed by atoms with Gasteiger partial charge in [0.1, 0.15) is 5.82 Å². The van der Waals surface area contributed by atoms with E-state index in [4.69, 9.17) is 11.6 Å². The lowest BCUT2D eigenvalue weighted by molar-refractivity contribution is -0.137. The number of nitrogens with one attached hydrogen (secondary N) is 1. The molecule has 3 heterocycles. The molecule has 0 unspecified atom stereocenters. The van der Waals surface area contributed by atoms with Crippen LogP contribution in [0.15, 0.2) is 47.5 Å². The van der Waals surface area contributed by atoms with Crippen LogP contribution in [-0.2, 0) is 25.7 Å². The molecule has 1 N–H and O–H groups in total. The van der Waals surface area contributed by atoms with Crippen LogP contribution >= 0.6 is 11.6 Å². The first-order valence-electron chi connectivity index (χ1n) is 8.92. The third-order valence-electron chi connectivity index (χ3n) is 4.88. The Bertz CT molecular complexity index is 1100. The Morgan fingerprint density at radius 3 is 2.62 bits per heavy atom. The van der Waals surface area contributed by atoms with Crippen molar-refractivity contribution in [1.82, 2.24) is 19.9 Å². The highest BCUT2D eigenvalue weighted by Gasteiger charge is 2.30. The number of H-pyrrole nitrogens is 1. The highest BCUT2D eigenvalue weighted by Crippen LogP contribution is 2.30. The number of pyridine rings is 1. The first-order chi connectivity index (χ1) is 13.8. The predicted molar refractivity (Wildman–Crippen MR) is 102 cm³/mol. The van der Waals surface area contributed by atoms with Crippen molar-refractivity contribution in [1.29, 1.82) is 0 Å². The minimum atomic E-state index is -4.41. The van der Waals surface area contributed by atoms with Gasteiger partial charge in [-0.15, -0.1) is 0 Å². The lowest BCUT2D eigenvalue weighted by Crippen LogP contribution is -2.35. The number of aromatic nitrogens is 3. The maximum atomic E-state index is 12.7. The highest BCUT2D eigenvalue weighted by atomic mass is 35.5. The van der Waals surface area contributed by atoms with E-state index in [0.717, 1.165) is 17.7 Å². The average molecular weight is 421 g/mol. The van der Waals surface area contributed by atoms with Gasteiger partial charge < -0.3 is 4.98 Å². The zero-order chi connectivity index (χ0) is 20.6. The molecular weight excluding hydrogens is 405 g/mol. The fourth-order valence-corrected chi connectivity index (χ4v) is 3.52. The molecule has 1 aliphatic rings. The summed E-state index contributed by atoms with van der Waals surface area (Å²) < 4.78 is 38.2. The van der Waals surface area contributed by atoms with E-state index in [-0.39, 0.29) is 11.4 Å². The topological polar surface area (TPSA) is 61.9 Å². The maximum Gasteiger partial charge on any atom is 0.416 e. The lowest BCUT2D eigenvalue weighted by atomic mass is 10.1. The van der Waals surface area contributed by atoms with E-state index >= 15 is 0 Å². The van der Waals surface area contributed by atoms with Gasteiger partial charge in [0.25, 0.3) is 5.56 Å². The zero-order valence-corrected chi connectivity index (χ0v) is 15.9. The summed E-state index contributed by atoms with van der Waals surface area (Å²) >= 11 is 6.16. The first kappa shape index (κ1) is 19.6. The van der Waals surface area contributed by atoms with E-state index < -0.39 is 11.7 Å². The maximum absolute atomic E-state index is 12.7. The summed E-state index contributed by atoms with van der Waals surface area (Å²) in [5, 5.41) is 0.572. The normalized spacial score (nSPS) is 14.6. The summed E-state index contributed by atoms with van der Waals surface area (Å²) in [6.45, 7) is 1.69. The van der Waals surface area contributed by atoms with Crippen LogP contribution in [0.4, 0.5) is 13.2 Å². The molecule has 0 saturated heterocycles. The van der Waals surface area contributed by atoms with Crippen molar-refractivity contribution in [3.05, 3.63) is 80.5 Å². The molecular formula is C20H16ClF3N4O. The Morgan fingerprint density at radius 2 is 1.93 bits per heavy atom. The monoisotopic (exact) mass is 420 g/mol. The quantitative estimate of drug-likeness (QED) is 0.694. The Balaban J connectivity index is 1.57. The van der Waals surface area contributed by atoms with Crippen LogP contribution in [0.2, 0.25) is 5.02 Å². The molecule has 0 spiro atoms. The molecule has 9 heteroatoms. The van der Waals surface area contributed by atoms with Gasteiger partial charge in [0.05, 0.1) is 21.8 Å². The number of fused-ring (bicyclic) bond motifs is 1. The second-order valence-electron chi connectivity index (χ2n) is 6.84. The van der Waals surface area contributed by atoms with Gasteiger partial charge in [0.15, 0.2) is 0 Å². The number of benzene rings is 1. The van der Waals surface area contributed by atoms with Crippen molar-refractivity contribution in [3.63, 3.8) is 0 Å². The Morgan fingerprint density at radius 1 is 1.17 bits per heavy atom. The SMILES string of the molecule is O=c1[nH]c(-c2ccc(C(F)(F)F)cc2)nc2c1CN(Cc1ccncc1Cl)CC2. The minimum absolute atomic E-state index is 0.271. The largest absolute Gasteiger partial charge is 0.416 e. The zero-order valence-electron chi connectivity index (χ0n) is 15.1. The third-order valence-corrected chi connectivity index (χ3v) is 5.22. The number of hydrogen-bond donors (Lipinski definition) is 1. The van der Waals surface area contributed by atoms with Gasteiger partial charge in [0, 0.05) is 44.0 Å². The van der Waals surface area contributed by atoms with Gasteiger partial charge in [-0.3, -0.25) is 14.7 Å². The molecule has 150 valence electrons. The van der Waals surface area contributed by atoms with Crippen LogP contribution in [-0.4, -0.2) is 26.4 Å². The number of nitrogens with zero attached hydrogens (tertiary/aromatic N) is 3. The molecule has 1 aliphatic heterocycles. The van der Waals surface area contributed by atoms with E-state index in [9.17, 15) is 18.0 Å². The van der Waals surface area contributed by atoms with Gasteiger partial charge >= 0.3 is 6.18 Å². The van der Waals surface area contributed by atoms with Crippen LogP contribution in [0.25, 0.3) is 11.4 Å². The molecule has 0 bridgehead atoms. The van der Waals surface area contributed by atoms with Crippen molar-refractivity contribution in [2.24, 2.45) is 0 Å². The summed E-state index contributed by atoms with van der Waals surface area (Å²) in [7, 11) is 0. The highest BCUT2D eigenvalue weighted by molar-refractivity contribution is 6.31. The Labute approximate surface area is 169 Å². The van der Waals surface area contributed by atoms with E-state index in [1.165, 1.54) is 12.1 Å². The Hall–Kier alpha value is -2.71. The lowest BCUT2D eigenvalue weighted by Gasteiger charge is -2.28. The van der Waals surface area contributed by atoms with Crippen LogP contribution in [0.1, 0.15) is 22.4 Å². The summed E-state index contributed by atoms with van der Waals surface area (Å²) in [6, 6.07) is 6.43.